The van der Waals surface area contributed by atoms with Gasteiger partial charge in [-0.3, -0.25) is 45.8 Å². The minimum absolute atomic E-state index is 0.0436. The van der Waals surface area contributed by atoms with E-state index in [-0.39, 0.29) is 52.8 Å². The van der Waals surface area contributed by atoms with Crippen LogP contribution in [0.3, 0.4) is 0 Å². The number of hydrogen-bond donors (Lipinski definition) is 4. The predicted octanol–water partition coefficient (Wildman–Crippen LogP) is 27.3. The monoisotopic (exact) mass is 1880 g/mol. The molecule has 21 rings (SSSR count). The Morgan fingerprint density at radius 3 is 0.935 bits per heavy atom. The van der Waals surface area contributed by atoms with Gasteiger partial charge in [0.25, 0.3) is 5.91 Å². The van der Waals surface area contributed by atoms with Gasteiger partial charge < -0.3 is 61.1 Å². The van der Waals surface area contributed by atoms with E-state index >= 15 is 0 Å². The zero-order chi connectivity index (χ0) is 97.0. The van der Waals surface area contributed by atoms with Crippen molar-refractivity contribution in [3.63, 3.8) is 0 Å². The first-order valence-corrected chi connectivity index (χ1v) is 50.4. The highest BCUT2D eigenvalue weighted by Gasteiger charge is 2.41. The number of ether oxygens (including phenoxy) is 8. The Bertz CT molecular complexity index is 6340. The number of rotatable bonds is 33. The number of nitro groups is 1. The first-order chi connectivity index (χ1) is 67.4. The number of nitrogens with zero attached hydrogens (tertiary/aromatic N) is 6. The van der Waals surface area contributed by atoms with E-state index in [1.54, 1.807) is 31.2 Å². The predicted molar refractivity (Wildman–Crippen MR) is 542 cm³/mol. The molecule has 12 aromatic rings. The van der Waals surface area contributed by atoms with E-state index in [1.807, 2.05) is 201 Å². The quantitative estimate of drug-likeness (QED) is 0.00976. The highest BCUT2D eigenvalue weighted by Crippen LogP contribution is 2.52. The molecule has 139 heavy (non-hydrogen) atoms. The van der Waals surface area contributed by atoms with Crippen LogP contribution in [0.2, 0.25) is 0 Å². The van der Waals surface area contributed by atoms with E-state index in [1.165, 1.54) is 19.3 Å². The van der Waals surface area contributed by atoms with Gasteiger partial charge in [-0.2, -0.15) is 0 Å². The number of Topliss-reactive ketones (excluding diaryl/α,β-unsaturated/α-hetero) is 1. The fourth-order valence-corrected chi connectivity index (χ4v) is 19.9. The van der Waals surface area contributed by atoms with Gasteiger partial charge in [-0.1, -0.05) is 48.5 Å². The van der Waals surface area contributed by atoms with Gasteiger partial charge in [0, 0.05) is 112 Å². The van der Waals surface area contributed by atoms with Crippen molar-refractivity contribution in [2.24, 2.45) is 23.7 Å². The van der Waals surface area contributed by atoms with E-state index in [9.17, 15) is 43.7 Å². The molecule has 9 saturated carbocycles. The van der Waals surface area contributed by atoms with Crippen LogP contribution in [-0.4, -0.2) is 134 Å². The van der Waals surface area contributed by atoms with Crippen LogP contribution in [0, 0.1) is 33.8 Å². The lowest BCUT2D eigenvalue weighted by atomic mass is 9.92. The number of anilines is 4. The molecule has 9 fully saturated rings. The van der Waals surface area contributed by atoms with Crippen molar-refractivity contribution in [3.8, 4) is 68.0 Å². The van der Waals surface area contributed by atoms with Crippen LogP contribution in [0.4, 0.5) is 47.6 Å². The van der Waals surface area contributed by atoms with Gasteiger partial charge in [0.15, 0.2) is 12.1 Å². The van der Waals surface area contributed by atoms with Crippen molar-refractivity contribution in [2.75, 3.05) is 54.7 Å². The zero-order valence-electron chi connectivity index (χ0n) is 81.3. The SMILES string of the molecule is CCOc1ccc2c(C(=O)N(C)C3CC3)c(-c3ccc(NC(=O)OC(C)C4CC4)cc3)n(C3CCC3)c2c1.CCOc1ccc2c(C(C)=O)c(-c3ccc(NC(=O)OC(C)C4CC4)cc3)n(C3CCC3)c2c1.CCOc1ccc2c(C=O)c(-c3ccc(NC(=O)OC(C)C4CC4)cc3)n(C3CCC3)c2c1.CCOc1ccc2c([N+](=O)[O-])c(-c3ccc(NC(=O)OC(C)C4CC4)cc3)n(C3CCC3)c2c1. The maximum atomic E-state index is 14.0. The number of aldehydes is 1. The molecule has 0 spiro atoms. The molecular weight excluding hydrogens is 1760 g/mol. The van der Waals surface area contributed by atoms with Crippen LogP contribution in [0.25, 0.3) is 88.6 Å². The second-order valence-corrected chi connectivity index (χ2v) is 38.9. The van der Waals surface area contributed by atoms with Gasteiger partial charge in [0.1, 0.15) is 53.1 Å². The second kappa shape index (κ2) is 42.0. The number of ketones is 1. The van der Waals surface area contributed by atoms with Crippen molar-refractivity contribution >= 4 is 114 Å². The van der Waals surface area contributed by atoms with Gasteiger partial charge in [-0.25, -0.2) is 19.2 Å². The summed E-state index contributed by atoms with van der Waals surface area (Å²) in [5.41, 5.74) is 15.8. The van der Waals surface area contributed by atoms with Crippen molar-refractivity contribution in [1.82, 2.24) is 23.2 Å². The summed E-state index contributed by atoms with van der Waals surface area (Å²) in [6.07, 6.45) is 23.2. The van der Waals surface area contributed by atoms with Crippen molar-refractivity contribution in [2.45, 2.75) is 258 Å². The molecule has 4 heterocycles. The average Bonchev–Trinajstić information content (AvgIpc) is 1.60. The van der Waals surface area contributed by atoms with Crippen molar-refractivity contribution < 1.29 is 76.4 Å². The van der Waals surface area contributed by atoms with E-state index in [0.29, 0.717) is 119 Å². The molecule has 4 atom stereocenters. The number of nitrogens with one attached hydrogen (secondary N) is 4. The maximum absolute atomic E-state index is 14.0. The van der Waals surface area contributed by atoms with Crippen LogP contribution in [-0.2, 0) is 18.9 Å². The normalized spacial score (nSPS) is 17.1. The lowest BCUT2D eigenvalue weighted by Gasteiger charge is -2.30. The molecule has 27 nitrogen and oxygen atoms in total. The standard InChI is InChI=1S/C31H37N3O4.C28H32N2O4.C27H30N2O4.C26H29N3O5/c1-4-37-25-16-17-26-27(18-25)34(24-6-5-7-24)29(28(26)30(35)33(3)23-14-15-23)21-10-12-22(13-11-21)32-31(36)38-19(2)20-8-9-20;1-4-33-23-14-15-24-25(16-23)30(22-6-5-7-22)27(26(24)17(2)31)20-10-12-21(13-11-20)29-28(32)34-18(3)19-8-9-19;1-3-32-22-13-14-23-24(16-30)26(29(25(23)15-22)21-5-4-6-21)19-9-11-20(12-10-19)28-27(31)33-17(2)18-7-8-18;1-3-33-21-13-14-22-23(15-21)28(20-5-4-6-20)24(25(22)29(31)32)18-9-11-19(12-10-18)27-26(30)34-16(2)17-7-8-17/h10-13,16-20,23-24H,4-9,14-15H2,1-3H3,(H,32,36);10-16,18-19,22H,4-9H2,1-3H3,(H,29,32);9-18,21H,3-8H2,1-2H3,(H,28,31);9-17,20H,3-8H2,1-2H3,(H,27,30). The third kappa shape index (κ3) is 21.4. The summed E-state index contributed by atoms with van der Waals surface area (Å²) in [6, 6.07) is 55.4. The lowest BCUT2D eigenvalue weighted by molar-refractivity contribution is -0.382. The Morgan fingerprint density at radius 2 is 0.647 bits per heavy atom. The molecule has 728 valence electrons. The topological polar surface area (TPSA) is 308 Å². The number of amides is 5. The third-order valence-corrected chi connectivity index (χ3v) is 29.1. The summed E-state index contributed by atoms with van der Waals surface area (Å²) >= 11 is 0. The molecule has 0 radical (unpaired) electrons. The third-order valence-electron chi connectivity index (χ3n) is 29.1. The lowest BCUT2D eigenvalue weighted by Crippen LogP contribution is -2.29. The largest absolute Gasteiger partial charge is 0.494 e. The molecule has 5 amide bonds. The summed E-state index contributed by atoms with van der Waals surface area (Å²) in [7, 11) is 1.92. The summed E-state index contributed by atoms with van der Waals surface area (Å²) in [6.45, 7) is 19.5. The van der Waals surface area contributed by atoms with Crippen LogP contribution in [0.15, 0.2) is 170 Å². The molecular formula is C112H128N10O17. The molecule has 9 aliphatic rings. The Labute approximate surface area is 810 Å². The summed E-state index contributed by atoms with van der Waals surface area (Å²) in [5, 5.41) is 27.0. The Balaban J connectivity index is 0.000000123. The second-order valence-electron chi connectivity index (χ2n) is 38.9. The smallest absolute Gasteiger partial charge is 0.411 e. The highest BCUT2D eigenvalue weighted by molar-refractivity contribution is 6.15. The number of hydrogen-bond acceptors (Lipinski definition) is 17. The fourth-order valence-electron chi connectivity index (χ4n) is 19.9. The number of carbonyl (C=O) groups is 7. The van der Waals surface area contributed by atoms with Gasteiger partial charge >= 0.3 is 30.1 Å². The Morgan fingerprint density at radius 1 is 0.374 bits per heavy atom. The summed E-state index contributed by atoms with van der Waals surface area (Å²) in [4.78, 5) is 102. The number of fused-ring (bicyclic) bond motifs is 4. The number of aromatic nitrogens is 4. The van der Waals surface area contributed by atoms with E-state index in [2.05, 4.69) is 51.7 Å². The molecule has 4 N–H and O–H groups in total. The van der Waals surface area contributed by atoms with Crippen LogP contribution < -0.4 is 40.2 Å². The van der Waals surface area contributed by atoms with Gasteiger partial charge in [-0.05, 0) is 341 Å². The number of benzene rings is 8. The first-order valence-electron chi connectivity index (χ1n) is 50.4. The fraction of sp³-hybridized carbons (Fsp3) is 0.438. The molecule has 27 heteroatoms. The Kier molecular flexibility index (Phi) is 28.9. The zero-order valence-corrected chi connectivity index (χ0v) is 81.3. The highest BCUT2D eigenvalue weighted by atomic mass is 16.6. The minimum Gasteiger partial charge on any atom is -0.494 e. The molecule has 4 aromatic heterocycles. The van der Waals surface area contributed by atoms with E-state index < -0.39 is 24.4 Å². The van der Waals surface area contributed by atoms with Crippen LogP contribution >= 0.6 is 0 Å². The summed E-state index contributed by atoms with van der Waals surface area (Å²) < 4.78 is 54.0. The van der Waals surface area contributed by atoms with Crippen molar-refractivity contribution in [3.05, 3.63) is 197 Å². The molecule has 0 saturated heterocycles. The minimum atomic E-state index is -0.481. The maximum Gasteiger partial charge on any atom is 0.411 e. The van der Waals surface area contributed by atoms with Crippen LogP contribution in [0.1, 0.15) is 259 Å². The van der Waals surface area contributed by atoms with Gasteiger partial charge in [0.2, 0.25) is 0 Å². The number of carbonyl (C=O) groups excluding carboxylic acids is 7. The van der Waals surface area contributed by atoms with Gasteiger partial charge in [-0.15, -0.1) is 0 Å². The first kappa shape index (κ1) is 95.7. The molecule has 0 bridgehead atoms. The molecule has 9 aliphatic carbocycles. The summed E-state index contributed by atoms with van der Waals surface area (Å²) in [5.74, 6) is 5.20. The van der Waals surface area contributed by atoms with E-state index in [4.69, 9.17) is 37.9 Å². The average molecular weight is 1890 g/mol. The molecule has 0 aliphatic heterocycles. The molecule has 8 aromatic carbocycles. The van der Waals surface area contributed by atoms with Crippen LogP contribution in [0.5, 0.6) is 23.0 Å². The van der Waals surface area contributed by atoms with Crippen molar-refractivity contribution in [1.29, 1.82) is 0 Å². The Hall–Kier alpha value is -13.6. The van der Waals surface area contributed by atoms with Gasteiger partial charge in [0.05, 0.1) is 87.0 Å². The van der Waals surface area contributed by atoms with E-state index in [0.717, 1.165) is 234 Å². The molecule has 4 unspecified atom stereocenters.